The van der Waals surface area contributed by atoms with Crippen molar-refractivity contribution in [2.75, 3.05) is 24.2 Å². The molecule has 12 heteroatoms. The van der Waals surface area contributed by atoms with Crippen molar-refractivity contribution in [3.63, 3.8) is 0 Å². The number of hydrogen-bond donors (Lipinski definition) is 5. The van der Waals surface area contributed by atoms with Gasteiger partial charge in [-0.3, -0.25) is 14.6 Å². The average molecular weight is 572 g/mol. The molecule has 1 aliphatic rings. The summed E-state index contributed by atoms with van der Waals surface area (Å²) >= 11 is 10.3. The smallest absolute Gasteiger partial charge is 0.319 e. The van der Waals surface area contributed by atoms with Crippen molar-refractivity contribution >= 4 is 58.7 Å². The first-order valence-electron chi connectivity index (χ1n) is 12.6. The molecule has 1 aliphatic carbocycles. The molecule has 4 rings (SSSR count). The number of hydrogen-bond acceptors (Lipinski definition) is 7. The minimum absolute atomic E-state index is 0.0991. The van der Waals surface area contributed by atoms with Crippen LogP contribution in [0.15, 0.2) is 42.6 Å². The Morgan fingerprint density at radius 2 is 1.90 bits per heavy atom. The number of aromatic nitrogens is 1. The van der Waals surface area contributed by atoms with Gasteiger partial charge in [0.15, 0.2) is 0 Å². The monoisotopic (exact) mass is 571 g/mol. The Morgan fingerprint density at radius 1 is 1.08 bits per heavy atom. The highest BCUT2D eigenvalue weighted by Crippen LogP contribution is 2.35. The first-order valence-corrected chi connectivity index (χ1v) is 13.6. The van der Waals surface area contributed by atoms with Crippen LogP contribution in [0.4, 0.5) is 10.5 Å². The second-order valence-electron chi connectivity index (χ2n) is 9.07. The van der Waals surface area contributed by atoms with Crippen LogP contribution in [-0.4, -0.2) is 47.8 Å². The van der Waals surface area contributed by atoms with Crippen LogP contribution in [0, 0.1) is 0 Å². The Morgan fingerprint density at radius 3 is 2.62 bits per heavy atom. The summed E-state index contributed by atoms with van der Waals surface area (Å²) < 4.78 is 11.9. The molecule has 0 aliphatic heterocycles. The van der Waals surface area contributed by atoms with Crippen molar-refractivity contribution in [2.45, 2.75) is 38.1 Å². The third kappa shape index (κ3) is 8.14. The molecule has 0 atom stereocenters. The third-order valence-electron chi connectivity index (χ3n) is 5.94. The fourth-order valence-corrected chi connectivity index (χ4v) is 4.11. The molecule has 0 saturated heterocycles. The third-order valence-corrected chi connectivity index (χ3v) is 6.54. The Hall–Kier alpha value is -3.70. The molecule has 4 amide bonds. The van der Waals surface area contributed by atoms with Crippen molar-refractivity contribution in [1.29, 1.82) is 0 Å². The number of anilines is 1. The van der Waals surface area contributed by atoms with Crippen LogP contribution in [0.1, 0.15) is 42.5 Å². The zero-order valence-corrected chi connectivity index (χ0v) is 22.8. The second kappa shape index (κ2) is 13.4. The maximum atomic E-state index is 12.2. The van der Waals surface area contributed by atoms with Gasteiger partial charge in [0.2, 0.25) is 5.91 Å². The van der Waals surface area contributed by atoms with Gasteiger partial charge in [-0.25, -0.2) is 4.79 Å². The van der Waals surface area contributed by atoms with Crippen molar-refractivity contribution in [1.82, 2.24) is 15.6 Å². The highest BCUT2D eigenvalue weighted by atomic mass is 35.5. The maximum Gasteiger partial charge on any atom is 0.319 e. The molecule has 39 heavy (non-hydrogen) atoms. The molecule has 0 unspecified atom stereocenters. The lowest BCUT2D eigenvalue weighted by atomic mass is 10.1. The molecule has 0 radical (unpaired) electrons. The number of fused-ring (bicyclic) bond motifs is 1. The van der Waals surface area contributed by atoms with E-state index in [4.69, 9.17) is 26.8 Å². The number of primary amides is 1. The molecule has 0 spiro atoms. The molecule has 1 aromatic heterocycles. The number of ether oxygens (including phenoxy) is 2. The van der Waals surface area contributed by atoms with Gasteiger partial charge < -0.3 is 31.2 Å². The summed E-state index contributed by atoms with van der Waals surface area (Å²) in [6.07, 6.45) is 5.93. The molecule has 2 aromatic carbocycles. The van der Waals surface area contributed by atoms with E-state index in [0.717, 1.165) is 32.1 Å². The predicted octanol–water partition coefficient (Wildman–Crippen LogP) is 4.66. The van der Waals surface area contributed by atoms with Crippen LogP contribution in [0.3, 0.4) is 0 Å². The van der Waals surface area contributed by atoms with Gasteiger partial charge in [0.1, 0.15) is 17.2 Å². The summed E-state index contributed by atoms with van der Waals surface area (Å²) in [6.45, 7) is 0.953. The SMILES string of the molecule is NC(=O)c1cc2c(Oc3ccc(NC(=O)NC4CC4)c(Cl)c3)ccnc2cc1OCCCCCNC(=O)CS. The van der Waals surface area contributed by atoms with E-state index in [-0.39, 0.29) is 29.3 Å². The van der Waals surface area contributed by atoms with E-state index in [1.54, 1.807) is 42.6 Å². The highest BCUT2D eigenvalue weighted by Gasteiger charge is 2.23. The van der Waals surface area contributed by atoms with Crippen LogP contribution in [0.5, 0.6) is 17.2 Å². The molecule has 3 aromatic rings. The zero-order valence-electron chi connectivity index (χ0n) is 21.2. The molecular weight excluding hydrogens is 542 g/mol. The van der Waals surface area contributed by atoms with Crippen LogP contribution < -0.4 is 31.2 Å². The Balaban J connectivity index is 1.42. The normalized spacial score (nSPS) is 12.6. The minimum Gasteiger partial charge on any atom is -0.493 e. The first-order chi connectivity index (χ1) is 18.8. The van der Waals surface area contributed by atoms with E-state index in [1.807, 2.05) is 0 Å². The van der Waals surface area contributed by atoms with Crippen molar-refractivity contribution in [3.05, 3.63) is 53.2 Å². The Bertz CT molecular complexity index is 1370. The van der Waals surface area contributed by atoms with E-state index in [1.165, 1.54) is 0 Å². The van der Waals surface area contributed by atoms with E-state index in [2.05, 4.69) is 33.6 Å². The van der Waals surface area contributed by atoms with Gasteiger partial charge >= 0.3 is 6.03 Å². The number of benzene rings is 2. The first kappa shape index (κ1) is 28.3. The minimum atomic E-state index is -0.640. The molecule has 10 nitrogen and oxygen atoms in total. The standard InChI is InChI=1S/C27H30ClN5O5S/c28-20-12-17(6-7-21(20)33-27(36)32-16-4-5-16)38-23-8-10-30-22-14-24(19(26(29)35)13-18(22)23)37-11-3-1-2-9-31-25(34)15-39/h6-8,10,12-14,16,39H,1-5,9,11,15H2,(H2,29,35)(H,31,34)(H2,32,33,36). The number of carbonyl (C=O) groups is 3. The second-order valence-corrected chi connectivity index (χ2v) is 9.80. The number of nitrogens with two attached hydrogens (primary N) is 1. The number of rotatable bonds is 13. The number of nitrogens with zero attached hydrogens (tertiary/aromatic N) is 1. The topological polar surface area (TPSA) is 145 Å². The lowest BCUT2D eigenvalue weighted by Crippen LogP contribution is -2.30. The van der Waals surface area contributed by atoms with Gasteiger partial charge in [-0.2, -0.15) is 12.6 Å². The quantitative estimate of drug-likeness (QED) is 0.149. The Kier molecular flexibility index (Phi) is 9.72. The van der Waals surface area contributed by atoms with Gasteiger partial charge in [-0.05, 0) is 56.4 Å². The largest absolute Gasteiger partial charge is 0.493 e. The number of halogens is 1. The maximum absolute atomic E-state index is 12.2. The fraction of sp³-hybridized carbons (Fsp3) is 0.333. The number of amides is 4. The number of unbranched alkanes of at least 4 members (excludes halogenated alkanes) is 2. The van der Waals surface area contributed by atoms with Crippen molar-refractivity contribution < 1.29 is 23.9 Å². The summed E-state index contributed by atoms with van der Waals surface area (Å²) in [7, 11) is 0. The van der Waals surface area contributed by atoms with Crippen LogP contribution >= 0.6 is 24.2 Å². The molecule has 5 N–H and O–H groups in total. The number of thiol groups is 1. The molecule has 206 valence electrons. The van der Waals surface area contributed by atoms with Gasteiger partial charge in [-0.1, -0.05) is 11.6 Å². The zero-order chi connectivity index (χ0) is 27.8. The molecule has 0 bridgehead atoms. The number of carbonyl (C=O) groups excluding carboxylic acids is 3. The van der Waals surface area contributed by atoms with Crippen molar-refractivity contribution in [2.24, 2.45) is 5.73 Å². The van der Waals surface area contributed by atoms with Crippen LogP contribution in [-0.2, 0) is 4.79 Å². The van der Waals surface area contributed by atoms with Gasteiger partial charge in [-0.15, -0.1) is 0 Å². The number of pyridine rings is 1. The van der Waals surface area contributed by atoms with Gasteiger partial charge in [0.25, 0.3) is 5.91 Å². The molecule has 1 saturated carbocycles. The van der Waals surface area contributed by atoms with E-state index >= 15 is 0 Å². The fourth-order valence-electron chi connectivity index (χ4n) is 3.78. The van der Waals surface area contributed by atoms with Gasteiger partial charge in [0.05, 0.1) is 34.1 Å². The van der Waals surface area contributed by atoms with Crippen LogP contribution in [0.2, 0.25) is 5.02 Å². The molecular formula is C27H30ClN5O5S. The summed E-state index contributed by atoms with van der Waals surface area (Å²) in [4.78, 5) is 39.9. The summed E-state index contributed by atoms with van der Waals surface area (Å²) in [5.74, 6) is 0.649. The van der Waals surface area contributed by atoms with E-state index in [9.17, 15) is 14.4 Å². The lowest BCUT2D eigenvalue weighted by Gasteiger charge is -2.14. The predicted molar refractivity (Wildman–Crippen MR) is 153 cm³/mol. The number of urea groups is 1. The van der Waals surface area contributed by atoms with Crippen LogP contribution in [0.25, 0.3) is 10.9 Å². The summed E-state index contributed by atoms with van der Waals surface area (Å²) in [6, 6.07) is 9.79. The lowest BCUT2D eigenvalue weighted by molar-refractivity contribution is -0.118. The summed E-state index contributed by atoms with van der Waals surface area (Å²) in [5, 5.41) is 9.22. The highest BCUT2D eigenvalue weighted by molar-refractivity contribution is 7.81. The average Bonchev–Trinajstić information content (AvgIpc) is 3.73. The summed E-state index contributed by atoms with van der Waals surface area (Å²) in [5.41, 5.74) is 6.87. The molecule has 1 heterocycles. The Labute approximate surface area is 236 Å². The van der Waals surface area contributed by atoms with E-state index < -0.39 is 5.91 Å². The van der Waals surface area contributed by atoms with Crippen molar-refractivity contribution in [3.8, 4) is 17.2 Å². The number of nitrogens with one attached hydrogen (secondary N) is 3. The molecule has 1 fully saturated rings. The van der Waals surface area contributed by atoms with Gasteiger partial charge in [0, 0.05) is 36.3 Å². The van der Waals surface area contributed by atoms with E-state index in [0.29, 0.717) is 52.0 Å².